The molecule has 0 aliphatic heterocycles. The first-order chi connectivity index (χ1) is 9.88. The minimum atomic E-state index is -0.383. The van der Waals surface area contributed by atoms with E-state index in [4.69, 9.17) is 0 Å². The highest BCUT2D eigenvalue weighted by Gasteiger charge is 2.14. The normalized spacial score (nSPS) is 14.8. The second-order valence-corrected chi connectivity index (χ2v) is 5.90. The molecule has 2 atom stereocenters. The van der Waals surface area contributed by atoms with Crippen molar-refractivity contribution in [1.29, 1.82) is 0 Å². The number of aliphatic hydroxyl groups excluding tert-OH is 1. The van der Waals surface area contributed by atoms with Gasteiger partial charge in [-0.25, -0.2) is 9.50 Å². The molecule has 2 aromatic rings. The van der Waals surface area contributed by atoms with Gasteiger partial charge in [-0.15, -0.1) is 0 Å². The molecule has 2 N–H and O–H groups in total. The molecule has 0 amide bonds. The molecule has 21 heavy (non-hydrogen) atoms. The van der Waals surface area contributed by atoms with E-state index < -0.39 is 0 Å². The van der Waals surface area contributed by atoms with Gasteiger partial charge in [-0.05, 0) is 34.9 Å². The molecule has 116 valence electrons. The third-order valence-corrected chi connectivity index (χ3v) is 3.59. The molecule has 6 nitrogen and oxygen atoms in total. The Hall–Kier alpha value is -1.50. The van der Waals surface area contributed by atoms with Gasteiger partial charge in [-0.3, -0.25) is 0 Å². The van der Waals surface area contributed by atoms with Crippen LogP contribution in [0, 0.1) is 13.8 Å². The van der Waals surface area contributed by atoms with Gasteiger partial charge in [-0.2, -0.15) is 5.10 Å². The summed E-state index contributed by atoms with van der Waals surface area (Å²) >= 11 is 0. The summed E-state index contributed by atoms with van der Waals surface area (Å²) in [5, 5.41) is 17.7. The van der Waals surface area contributed by atoms with Crippen LogP contribution in [0.2, 0.25) is 0 Å². The van der Waals surface area contributed by atoms with E-state index in [2.05, 4.69) is 22.3 Å². The van der Waals surface area contributed by atoms with Crippen molar-refractivity contribution in [1.82, 2.24) is 24.8 Å². The molecule has 0 bridgehead atoms. The van der Waals surface area contributed by atoms with Crippen LogP contribution in [-0.4, -0.2) is 57.9 Å². The summed E-state index contributed by atoms with van der Waals surface area (Å²) in [4.78, 5) is 6.42. The second-order valence-electron chi connectivity index (χ2n) is 5.90. The quantitative estimate of drug-likeness (QED) is 0.828. The van der Waals surface area contributed by atoms with E-state index in [1.54, 1.807) is 0 Å². The molecule has 2 unspecified atom stereocenters. The second kappa shape index (κ2) is 6.51. The molecule has 2 rings (SSSR count). The minimum Gasteiger partial charge on any atom is -0.390 e. The van der Waals surface area contributed by atoms with Gasteiger partial charge in [0.15, 0.2) is 5.65 Å². The molecular formula is C15H25N5O. The van der Waals surface area contributed by atoms with Gasteiger partial charge in [0.2, 0.25) is 0 Å². The Morgan fingerprint density at radius 1 is 1.38 bits per heavy atom. The zero-order valence-corrected chi connectivity index (χ0v) is 13.5. The van der Waals surface area contributed by atoms with E-state index in [1.807, 2.05) is 49.6 Å². The molecule has 0 spiro atoms. The molecule has 2 heterocycles. The SMILES string of the molecule is Cc1cc2ncc(C(C)NCC(O)CN(C)C)c(C)n2n1. The zero-order chi connectivity index (χ0) is 15.6. The van der Waals surface area contributed by atoms with E-state index in [0.29, 0.717) is 13.1 Å². The largest absolute Gasteiger partial charge is 0.390 e. The van der Waals surface area contributed by atoms with Crippen LogP contribution >= 0.6 is 0 Å². The first-order valence-corrected chi connectivity index (χ1v) is 7.26. The van der Waals surface area contributed by atoms with Crippen LogP contribution in [0.1, 0.15) is 29.9 Å². The van der Waals surface area contributed by atoms with Gasteiger partial charge >= 0.3 is 0 Å². The molecular weight excluding hydrogens is 266 g/mol. The van der Waals surface area contributed by atoms with Crippen molar-refractivity contribution in [3.05, 3.63) is 29.2 Å². The van der Waals surface area contributed by atoms with Crippen LogP contribution in [-0.2, 0) is 0 Å². The number of aliphatic hydroxyl groups is 1. The Morgan fingerprint density at radius 2 is 2.10 bits per heavy atom. The number of rotatable bonds is 6. The fourth-order valence-corrected chi connectivity index (χ4v) is 2.51. The van der Waals surface area contributed by atoms with E-state index in [1.165, 1.54) is 0 Å². The van der Waals surface area contributed by atoms with Gasteiger partial charge in [-0.1, -0.05) is 0 Å². The zero-order valence-electron chi connectivity index (χ0n) is 13.5. The van der Waals surface area contributed by atoms with Crippen LogP contribution in [0.4, 0.5) is 0 Å². The van der Waals surface area contributed by atoms with Gasteiger partial charge in [0, 0.05) is 42.7 Å². The maximum atomic E-state index is 9.92. The first kappa shape index (κ1) is 15.9. The number of hydrogen-bond acceptors (Lipinski definition) is 5. The monoisotopic (exact) mass is 291 g/mol. The topological polar surface area (TPSA) is 65.7 Å². The highest BCUT2D eigenvalue weighted by Crippen LogP contribution is 2.17. The lowest BCUT2D eigenvalue weighted by atomic mass is 10.1. The lowest BCUT2D eigenvalue weighted by molar-refractivity contribution is 0.132. The molecule has 0 aromatic carbocycles. The third-order valence-electron chi connectivity index (χ3n) is 3.59. The van der Waals surface area contributed by atoms with Crippen LogP contribution in [0.5, 0.6) is 0 Å². The van der Waals surface area contributed by atoms with Crippen molar-refractivity contribution in [2.75, 3.05) is 27.2 Å². The Bertz CT molecular complexity index is 607. The first-order valence-electron chi connectivity index (χ1n) is 7.26. The third kappa shape index (κ3) is 3.78. The van der Waals surface area contributed by atoms with Crippen molar-refractivity contribution in [3.63, 3.8) is 0 Å². The van der Waals surface area contributed by atoms with Gasteiger partial charge in [0.25, 0.3) is 0 Å². The minimum absolute atomic E-state index is 0.114. The van der Waals surface area contributed by atoms with Crippen molar-refractivity contribution in [2.24, 2.45) is 0 Å². The van der Waals surface area contributed by atoms with E-state index in [0.717, 1.165) is 22.6 Å². The summed E-state index contributed by atoms with van der Waals surface area (Å²) in [6.07, 6.45) is 1.51. The Kier molecular flexibility index (Phi) is 4.92. The predicted octanol–water partition coefficient (Wildman–Crippen LogP) is 0.919. The number of nitrogens with one attached hydrogen (secondary N) is 1. The maximum absolute atomic E-state index is 9.92. The molecule has 0 fully saturated rings. The van der Waals surface area contributed by atoms with E-state index in [9.17, 15) is 5.11 Å². The standard InChI is InChI=1S/C15H25N5O/c1-10-6-15-17-8-14(12(3)20(15)18-10)11(2)16-7-13(21)9-19(4)5/h6,8,11,13,16,21H,7,9H2,1-5H3. The van der Waals surface area contributed by atoms with Crippen LogP contribution < -0.4 is 5.32 Å². The fourth-order valence-electron chi connectivity index (χ4n) is 2.51. The Balaban J connectivity index is 2.08. The summed E-state index contributed by atoms with van der Waals surface area (Å²) in [6, 6.07) is 2.08. The number of likely N-dealkylation sites (N-methyl/N-ethyl adjacent to an activating group) is 1. The predicted molar refractivity (Wildman–Crippen MR) is 83.4 cm³/mol. The highest BCUT2D eigenvalue weighted by atomic mass is 16.3. The van der Waals surface area contributed by atoms with Gasteiger partial charge < -0.3 is 15.3 Å². The van der Waals surface area contributed by atoms with Crippen LogP contribution in [0.15, 0.2) is 12.3 Å². The highest BCUT2D eigenvalue weighted by molar-refractivity contribution is 5.42. The number of aryl methyl sites for hydroxylation is 2. The summed E-state index contributed by atoms with van der Waals surface area (Å²) in [5.74, 6) is 0. The smallest absolute Gasteiger partial charge is 0.155 e. The summed E-state index contributed by atoms with van der Waals surface area (Å²) in [5.41, 5.74) is 4.01. The Morgan fingerprint density at radius 3 is 2.76 bits per heavy atom. The molecule has 6 heteroatoms. The molecule has 0 aliphatic rings. The molecule has 0 saturated carbocycles. The fraction of sp³-hybridized carbons (Fsp3) is 0.600. The molecule has 0 aliphatic carbocycles. The summed E-state index contributed by atoms with van der Waals surface area (Å²) in [6.45, 7) is 7.29. The average molecular weight is 291 g/mol. The summed E-state index contributed by atoms with van der Waals surface area (Å²) < 4.78 is 1.87. The number of aromatic nitrogens is 3. The number of hydrogen-bond donors (Lipinski definition) is 2. The van der Waals surface area contributed by atoms with Gasteiger partial charge in [0.05, 0.1) is 11.8 Å². The lowest BCUT2D eigenvalue weighted by Gasteiger charge is -2.21. The van der Waals surface area contributed by atoms with Crippen molar-refractivity contribution < 1.29 is 5.11 Å². The van der Waals surface area contributed by atoms with E-state index in [-0.39, 0.29) is 12.1 Å². The summed E-state index contributed by atoms with van der Waals surface area (Å²) in [7, 11) is 3.91. The van der Waals surface area contributed by atoms with E-state index >= 15 is 0 Å². The molecule has 0 radical (unpaired) electrons. The van der Waals surface area contributed by atoms with Crippen LogP contribution in [0.3, 0.4) is 0 Å². The van der Waals surface area contributed by atoms with Crippen molar-refractivity contribution >= 4 is 5.65 Å². The average Bonchev–Trinajstić information content (AvgIpc) is 2.77. The van der Waals surface area contributed by atoms with Crippen molar-refractivity contribution in [3.8, 4) is 0 Å². The maximum Gasteiger partial charge on any atom is 0.155 e. The van der Waals surface area contributed by atoms with Crippen LogP contribution in [0.25, 0.3) is 5.65 Å². The lowest BCUT2D eigenvalue weighted by Crippen LogP contribution is -2.36. The number of fused-ring (bicyclic) bond motifs is 1. The molecule has 2 aromatic heterocycles. The van der Waals surface area contributed by atoms with Gasteiger partial charge in [0.1, 0.15) is 0 Å². The number of nitrogens with zero attached hydrogens (tertiary/aromatic N) is 4. The molecule has 0 saturated heterocycles. The Labute approximate surface area is 125 Å². The van der Waals surface area contributed by atoms with Crippen molar-refractivity contribution in [2.45, 2.75) is 32.9 Å².